The number of hydrogen-bond acceptors (Lipinski definition) is 2. The average Bonchev–Trinajstić information content (AvgIpc) is 1.88. The van der Waals surface area contributed by atoms with Gasteiger partial charge in [-0.15, -0.1) is 0 Å². The van der Waals surface area contributed by atoms with Crippen molar-refractivity contribution in [1.29, 1.82) is 0 Å². The van der Waals surface area contributed by atoms with Crippen molar-refractivity contribution in [2.75, 3.05) is 13.2 Å². The Hall–Kier alpha value is -0.830. The molecule has 0 radical (unpaired) electrons. The van der Waals surface area contributed by atoms with Gasteiger partial charge in [0.2, 0.25) is 5.91 Å². The third kappa shape index (κ3) is 1.57. The van der Waals surface area contributed by atoms with Crippen LogP contribution < -0.4 is 5.32 Å². The van der Waals surface area contributed by atoms with Gasteiger partial charge in [0.05, 0.1) is 6.10 Å². The van der Waals surface area contributed by atoms with Gasteiger partial charge >= 0.3 is 0 Å². The smallest absolute Gasteiger partial charge is 0.246 e. The van der Waals surface area contributed by atoms with Gasteiger partial charge in [-0.1, -0.05) is 12.2 Å². The molecule has 0 aromatic heterocycles. The van der Waals surface area contributed by atoms with Crippen LogP contribution in [0.3, 0.4) is 0 Å². The summed E-state index contributed by atoms with van der Waals surface area (Å²) >= 11 is 0. The highest BCUT2D eigenvalue weighted by Crippen LogP contribution is 2.04. The fraction of sp³-hybridized carbons (Fsp3) is 0.571. The summed E-state index contributed by atoms with van der Waals surface area (Å²) in [4.78, 5) is 10.6. The number of ether oxygens (including phenoxy) is 1. The number of rotatable bonds is 1. The first-order valence-electron chi connectivity index (χ1n) is 3.24. The quantitative estimate of drug-likeness (QED) is 0.525. The number of nitrogens with one attached hydrogen (secondary N) is 1. The lowest BCUT2D eigenvalue weighted by molar-refractivity contribution is -0.131. The van der Waals surface area contributed by atoms with Gasteiger partial charge in [0.15, 0.2) is 0 Å². The Kier molecular flexibility index (Phi) is 2.06. The normalized spacial score (nSPS) is 25.7. The molecule has 0 aromatic rings. The Bertz CT molecular complexity index is 155. The van der Waals surface area contributed by atoms with E-state index in [4.69, 9.17) is 4.74 Å². The van der Waals surface area contributed by atoms with E-state index < -0.39 is 0 Å². The SMILES string of the molecule is C=C(C)C1CNC(=O)CO1. The molecule has 0 bridgehead atoms. The molecule has 0 saturated carbocycles. The lowest BCUT2D eigenvalue weighted by Crippen LogP contribution is -2.43. The molecular weight excluding hydrogens is 130 g/mol. The van der Waals surface area contributed by atoms with Crippen LogP contribution in [0, 0.1) is 0 Å². The minimum Gasteiger partial charge on any atom is -0.362 e. The van der Waals surface area contributed by atoms with Crippen molar-refractivity contribution in [2.45, 2.75) is 13.0 Å². The van der Waals surface area contributed by atoms with Crippen molar-refractivity contribution in [3.05, 3.63) is 12.2 Å². The van der Waals surface area contributed by atoms with Crippen molar-refractivity contribution >= 4 is 5.91 Å². The van der Waals surface area contributed by atoms with Crippen LogP contribution >= 0.6 is 0 Å². The topological polar surface area (TPSA) is 38.3 Å². The van der Waals surface area contributed by atoms with Crippen molar-refractivity contribution in [1.82, 2.24) is 5.32 Å². The lowest BCUT2D eigenvalue weighted by atomic mass is 10.2. The third-order valence-corrected chi connectivity index (χ3v) is 1.45. The maximum atomic E-state index is 10.6. The number of amides is 1. The summed E-state index contributed by atoms with van der Waals surface area (Å²) in [6.07, 6.45) is 0.0118. The summed E-state index contributed by atoms with van der Waals surface area (Å²) in [7, 11) is 0. The van der Waals surface area contributed by atoms with E-state index in [0.717, 1.165) is 5.57 Å². The summed E-state index contributed by atoms with van der Waals surface area (Å²) < 4.78 is 5.14. The maximum Gasteiger partial charge on any atom is 0.246 e. The first-order chi connectivity index (χ1) is 4.70. The zero-order chi connectivity index (χ0) is 7.56. The van der Waals surface area contributed by atoms with Gasteiger partial charge in [-0.3, -0.25) is 4.79 Å². The highest BCUT2D eigenvalue weighted by atomic mass is 16.5. The monoisotopic (exact) mass is 141 g/mol. The van der Waals surface area contributed by atoms with Gasteiger partial charge in [0.1, 0.15) is 6.61 Å². The number of carbonyl (C=O) groups is 1. The Morgan fingerprint density at radius 1 is 1.90 bits per heavy atom. The standard InChI is InChI=1S/C7H11NO2/c1-5(2)6-3-8-7(9)4-10-6/h6H,1,3-4H2,2H3,(H,8,9). The first-order valence-corrected chi connectivity index (χ1v) is 3.24. The molecule has 3 heteroatoms. The van der Waals surface area contributed by atoms with E-state index in [1.165, 1.54) is 0 Å². The van der Waals surface area contributed by atoms with Gasteiger partial charge in [0.25, 0.3) is 0 Å². The molecule has 1 N–H and O–H groups in total. The molecule has 1 aliphatic rings. The van der Waals surface area contributed by atoms with Crippen LogP contribution in [0.25, 0.3) is 0 Å². The molecule has 56 valence electrons. The van der Waals surface area contributed by atoms with E-state index in [2.05, 4.69) is 11.9 Å². The molecule has 1 atom stereocenters. The molecule has 0 spiro atoms. The van der Waals surface area contributed by atoms with Crippen LogP contribution in [0.2, 0.25) is 0 Å². The fourth-order valence-corrected chi connectivity index (χ4v) is 0.809. The summed E-state index contributed by atoms with van der Waals surface area (Å²) in [5, 5.41) is 2.69. The van der Waals surface area contributed by atoms with Crippen molar-refractivity contribution in [2.24, 2.45) is 0 Å². The van der Waals surface area contributed by atoms with Crippen LogP contribution in [0.4, 0.5) is 0 Å². The van der Waals surface area contributed by atoms with Crippen LogP contribution in [0.15, 0.2) is 12.2 Å². The van der Waals surface area contributed by atoms with E-state index in [0.29, 0.717) is 6.54 Å². The predicted octanol–water partition coefficient (Wildman–Crippen LogP) is 0.0775. The van der Waals surface area contributed by atoms with Crippen molar-refractivity contribution in [3.8, 4) is 0 Å². The van der Waals surface area contributed by atoms with Gasteiger partial charge < -0.3 is 10.1 Å². The minimum atomic E-state index is -0.0440. The van der Waals surface area contributed by atoms with E-state index in [1.807, 2.05) is 6.92 Å². The van der Waals surface area contributed by atoms with Gasteiger partial charge in [-0.25, -0.2) is 0 Å². The molecule has 1 rings (SSSR count). The zero-order valence-electron chi connectivity index (χ0n) is 6.02. The van der Waals surface area contributed by atoms with Crippen LogP contribution in [-0.4, -0.2) is 25.2 Å². The van der Waals surface area contributed by atoms with Crippen LogP contribution in [0.1, 0.15) is 6.92 Å². The Labute approximate surface area is 60.1 Å². The van der Waals surface area contributed by atoms with E-state index in [9.17, 15) is 4.79 Å². The second kappa shape index (κ2) is 2.84. The fourth-order valence-electron chi connectivity index (χ4n) is 0.809. The summed E-state index contributed by atoms with van der Waals surface area (Å²) in [6, 6.07) is 0. The highest BCUT2D eigenvalue weighted by Gasteiger charge is 2.17. The third-order valence-electron chi connectivity index (χ3n) is 1.45. The second-order valence-electron chi connectivity index (χ2n) is 2.45. The van der Waals surface area contributed by atoms with E-state index in [1.54, 1.807) is 0 Å². The minimum absolute atomic E-state index is 0.0118. The Balaban J connectivity index is 2.40. The molecule has 1 heterocycles. The average molecular weight is 141 g/mol. The lowest BCUT2D eigenvalue weighted by Gasteiger charge is -2.22. The van der Waals surface area contributed by atoms with E-state index in [-0.39, 0.29) is 18.6 Å². The highest BCUT2D eigenvalue weighted by molar-refractivity contribution is 5.77. The predicted molar refractivity (Wildman–Crippen MR) is 37.6 cm³/mol. The van der Waals surface area contributed by atoms with Crippen LogP contribution in [0.5, 0.6) is 0 Å². The molecule has 1 aliphatic heterocycles. The van der Waals surface area contributed by atoms with E-state index >= 15 is 0 Å². The largest absolute Gasteiger partial charge is 0.362 e. The van der Waals surface area contributed by atoms with Crippen LogP contribution in [-0.2, 0) is 9.53 Å². The molecule has 0 aliphatic carbocycles. The van der Waals surface area contributed by atoms with Gasteiger partial charge in [-0.2, -0.15) is 0 Å². The molecule has 1 fully saturated rings. The first kappa shape index (κ1) is 7.28. The molecule has 0 aromatic carbocycles. The summed E-state index contributed by atoms with van der Waals surface area (Å²) in [5.74, 6) is -0.0440. The van der Waals surface area contributed by atoms with Crippen molar-refractivity contribution in [3.63, 3.8) is 0 Å². The number of carbonyl (C=O) groups excluding carboxylic acids is 1. The Morgan fingerprint density at radius 2 is 2.60 bits per heavy atom. The summed E-state index contributed by atoms with van der Waals surface area (Å²) in [6.45, 7) is 6.35. The molecule has 1 amide bonds. The molecule has 10 heavy (non-hydrogen) atoms. The summed E-state index contributed by atoms with van der Waals surface area (Å²) in [5.41, 5.74) is 0.958. The Morgan fingerprint density at radius 3 is 3.00 bits per heavy atom. The molecular formula is C7H11NO2. The number of morpholine rings is 1. The number of hydrogen-bond donors (Lipinski definition) is 1. The molecule has 1 saturated heterocycles. The molecule has 1 unspecified atom stereocenters. The van der Waals surface area contributed by atoms with Crippen molar-refractivity contribution < 1.29 is 9.53 Å². The second-order valence-corrected chi connectivity index (χ2v) is 2.45. The van der Waals surface area contributed by atoms with Gasteiger partial charge in [0, 0.05) is 6.54 Å². The molecule has 3 nitrogen and oxygen atoms in total. The maximum absolute atomic E-state index is 10.6. The van der Waals surface area contributed by atoms with Gasteiger partial charge in [-0.05, 0) is 6.92 Å². The zero-order valence-corrected chi connectivity index (χ0v) is 6.02.